The molecule has 1 aromatic carbocycles. The van der Waals surface area contributed by atoms with Crippen LogP contribution < -0.4 is 10.6 Å². The second kappa shape index (κ2) is 8.53. The van der Waals surface area contributed by atoms with Crippen molar-refractivity contribution in [2.75, 3.05) is 13.2 Å². The van der Waals surface area contributed by atoms with Crippen molar-refractivity contribution in [1.82, 2.24) is 10.6 Å². The van der Waals surface area contributed by atoms with Crippen LogP contribution in [0.25, 0.3) is 0 Å². The molecule has 0 aliphatic carbocycles. The van der Waals surface area contributed by atoms with E-state index in [-0.39, 0.29) is 12.1 Å². The molecule has 4 heteroatoms. The van der Waals surface area contributed by atoms with Gasteiger partial charge < -0.3 is 15.4 Å². The number of ether oxygens (including phenoxy) is 1. The molecule has 0 heterocycles. The Morgan fingerprint density at radius 2 is 2.11 bits per heavy atom. The Morgan fingerprint density at radius 3 is 2.79 bits per heavy atom. The van der Waals surface area contributed by atoms with Gasteiger partial charge in [-0.25, -0.2) is 4.79 Å². The van der Waals surface area contributed by atoms with Gasteiger partial charge in [0.25, 0.3) is 0 Å². The molecule has 19 heavy (non-hydrogen) atoms. The predicted octanol–water partition coefficient (Wildman–Crippen LogP) is 2.61. The first-order valence-electron chi connectivity index (χ1n) is 6.77. The highest BCUT2D eigenvalue weighted by Crippen LogP contribution is 2.02. The zero-order valence-electron chi connectivity index (χ0n) is 12.0. The van der Waals surface area contributed by atoms with E-state index in [1.807, 2.05) is 39.0 Å². The predicted molar refractivity (Wildman–Crippen MR) is 77.1 cm³/mol. The lowest BCUT2D eigenvalue weighted by atomic mass is 10.1. The lowest BCUT2D eigenvalue weighted by Gasteiger charge is -2.09. The summed E-state index contributed by atoms with van der Waals surface area (Å²) >= 11 is 0. The zero-order chi connectivity index (χ0) is 14.1. The molecule has 0 unspecified atom stereocenters. The molecular formula is C15H24N2O2. The smallest absolute Gasteiger partial charge is 0.315 e. The summed E-state index contributed by atoms with van der Waals surface area (Å²) < 4.78 is 5.39. The Balaban J connectivity index is 2.11. The summed E-state index contributed by atoms with van der Waals surface area (Å²) in [6.45, 7) is 7.90. The van der Waals surface area contributed by atoms with E-state index in [0.717, 1.165) is 12.0 Å². The second-order valence-electron chi connectivity index (χ2n) is 4.87. The van der Waals surface area contributed by atoms with E-state index < -0.39 is 0 Å². The van der Waals surface area contributed by atoms with Crippen molar-refractivity contribution in [3.05, 3.63) is 35.4 Å². The van der Waals surface area contributed by atoms with Crippen molar-refractivity contribution in [2.45, 2.75) is 39.8 Å². The second-order valence-corrected chi connectivity index (χ2v) is 4.87. The number of aryl methyl sites for hydroxylation is 1. The number of hydrogen-bond acceptors (Lipinski definition) is 2. The molecule has 0 bridgehead atoms. The SMILES string of the molecule is Cc1cccc(CNC(=O)NCCCOC(C)C)c1. The van der Waals surface area contributed by atoms with Gasteiger partial charge >= 0.3 is 6.03 Å². The third-order valence-electron chi connectivity index (χ3n) is 2.59. The summed E-state index contributed by atoms with van der Waals surface area (Å²) in [5.41, 5.74) is 2.31. The number of hydrogen-bond donors (Lipinski definition) is 2. The van der Waals surface area contributed by atoms with E-state index in [4.69, 9.17) is 4.74 Å². The summed E-state index contributed by atoms with van der Waals surface area (Å²) in [6, 6.07) is 7.97. The summed E-state index contributed by atoms with van der Waals surface area (Å²) in [6.07, 6.45) is 1.07. The average Bonchev–Trinajstić information content (AvgIpc) is 2.35. The fourth-order valence-electron chi connectivity index (χ4n) is 1.66. The van der Waals surface area contributed by atoms with Crippen molar-refractivity contribution in [1.29, 1.82) is 0 Å². The molecule has 1 aromatic rings. The van der Waals surface area contributed by atoms with Gasteiger partial charge in [0.2, 0.25) is 0 Å². The molecule has 0 atom stereocenters. The lowest BCUT2D eigenvalue weighted by molar-refractivity contribution is 0.0774. The van der Waals surface area contributed by atoms with Crippen LogP contribution in [0.1, 0.15) is 31.4 Å². The number of nitrogens with one attached hydrogen (secondary N) is 2. The van der Waals surface area contributed by atoms with Gasteiger partial charge in [0, 0.05) is 19.7 Å². The first-order valence-corrected chi connectivity index (χ1v) is 6.77. The van der Waals surface area contributed by atoms with E-state index in [2.05, 4.69) is 16.7 Å². The van der Waals surface area contributed by atoms with Gasteiger partial charge in [0.1, 0.15) is 0 Å². The van der Waals surface area contributed by atoms with Crippen LogP contribution in [0.2, 0.25) is 0 Å². The molecule has 0 saturated heterocycles. The van der Waals surface area contributed by atoms with Gasteiger partial charge in [-0.15, -0.1) is 0 Å². The van der Waals surface area contributed by atoms with Crippen molar-refractivity contribution in [3.63, 3.8) is 0 Å². The molecule has 0 aliphatic heterocycles. The Kier molecular flexibility index (Phi) is 6.97. The number of amides is 2. The van der Waals surface area contributed by atoms with Gasteiger partial charge in [-0.05, 0) is 32.8 Å². The summed E-state index contributed by atoms with van der Waals surface area (Å²) in [5.74, 6) is 0. The molecule has 2 N–H and O–H groups in total. The highest BCUT2D eigenvalue weighted by atomic mass is 16.5. The monoisotopic (exact) mass is 264 g/mol. The van der Waals surface area contributed by atoms with E-state index in [9.17, 15) is 4.79 Å². The first-order chi connectivity index (χ1) is 9.08. The molecule has 106 valence electrons. The molecule has 0 radical (unpaired) electrons. The topological polar surface area (TPSA) is 50.4 Å². The van der Waals surface area contributed by atoms with Crippen molar-refractivity contribution in [3.8, 4) is 0 Å². The Labute approximate surface area is 115 Å². The summed E-state index contributed by atoms with van der Waals surface area (Å²) in [7, 11) is 0. The fraction of sp³-hybridized carbons (Fsp3) is 0.533. The first kappa shape index (κ1) is 15.5. The molecule has 0 fully saturated rings. The normalized spacial score (nSPS) is 10.5. The summed E-state index contributed by atoms with van der Waals surface area (Å²) in [5, 5.41) is 5.65. The molecule has 0 saturated carbocycles. The van der Waals surface area contributed by atoms with Crippen molar-refractivity contribution < 1.29 is 9.53 Å². The number of urea groups is 1. The Morgan fingerprint density at radius 1 is 1.32 bits per heavy atom. The third kappa shape index (κ3) is 7.47. The number of carbonyl (C=O) groups is 1. The minimum atomic E-state index is -0.133. The van der Waals surface area contributed by atoms with Crippen LogP contribution in [-0.2, 0) is 11.3 Å². The molecule has 2 amide bonds. The highest BCUT2D eigenvalue weighted by molar-refractivity contribution is 5.73. The molecule has 4 nitrogen and oxygen atoms in total. The van der Waals surface area contributed by atoms with Crippen molar-refractivity contribution >= 4 is 6.03 Å². The minimum absolute atomic E-state index is 0.133. The van der Waals surface area contributed by atoms with Gasteiger partial charge in [0.15, 0.2) is 0 Å². The number of carbonyl (C=O) groups excluding carboxylic acids is 1. The van der Waals surface area contributed by atoms with Gasteiger partial charge in [-0.1, -0.05) is 29.8 Å². The minimum Gasteiger partial charge on any atom is -0.379 e. The fourth-order valence-corrected chi connectivity index (χ4v) is 1.66. The number of benzene rings is 1. The standard InChI is InChI=1S/C15H24N2O2/c1-12(2)19-9-5-8-16-15(18)17-11-14-7-4-6-13(3)10-14/h4,6-7,10,12H,5,8-9,11H2,1-3H3,(H2,16,17,18). The lowest BCUT2D eigenvalue weighted by Crippen LogP contribution is -2.35. The number of rotatable bonds is 7. The maximum absolute atomic E-state index is 11.5. The third-order valence-corrected chi connectivity index (χ3v) is 2.59. The molecule has 0 aliphatic rings. The Bertz CT molecular complexity index is 391. The van der Waals surface area contributed by atoms with Crippen LogP contribution in [0, 0.1) is 6.92 Å². The quantitative estimate of drug-likeness (QED) is 0.744. The maximum Gasteiger partial charge on any atom is 0.315 e. The van der Waals surface area contributed by atoms with Gasteiger partial charge in [0.05, 0.1) is 6.10 Å². The largest absolute Gasteiger partial charge is 0.379 e. The van der Waals surface area contributed by atoms with E-state index in [1.54, 1.807) is 0 Å². The average molecular weight is 264 g/mol. The molecule has 0 aromatic heterocycles. The van der Waals surface area contributed by atoms with Crippen LogP contribution in [0.15, 0.2) is 24.3 Å². The van der Waals surface area contributed by atoms with Gasteiger partial charge in [-0.3, -0.25) is 0 Å². The van der Waals surface area contributed by atoms with E-state index >= 15 is 0 Å². The maximum atomic E-state index is 11.5. The molecular weight excluding hydrogens is 240 g/mol. The van der Waals surface area contributed by atoms with E-state index in [0.29, 0.717) is 19.7 Å². The van der Waals surface area contributed by atoms with Crippen LogP contribution in [-0.4, -0.2) is 25.3 Å². The zero-order valence-corrected chi connectivity index (χ0v) is 12.0. The van der Waals surface area contributed by atoms with Crippen LogP contribution in [0.3, 0.4) is 0 Å². The molecule has 0 spiro atoms. The molecule has 1 rings (SSSR count). The Hall–Kier alpha value is -1.55. The van der Waals surface area contributed by atoms with Gasteiger partial charge in [-0.2, -0.15) is 0 Å². The van der Waals surface area contributed by atoms with Crippen LogP contribution >= 0.6 is 0 Å². The highest BCUT2D eigenvalue weighted by Gasteiger charge is 2.00. The van der Waals surface area contributed by atoms with Crippen LogP contribution in [0.4, 0.5) is 4.79 Å². The summed E-state index contributed by atoms with van der Waals surface area (Å²) in [4.78, 5) is 11.5. The van der Waals surface area contributed by atoms with Crippen molar-refractivity contribution in [2.24, 2.45) is 0 Å². The van der Waals surface area contributed by atoms with Crippen LogP contribution in [0.5, 0.6) is 0 Å². The van der Waals surface area contributed by atoms with E-state index in [1.165, 1.54) is 5.56 Å².